The van der Waals surface area contributed by atoms with E-state index in [1.807, 2.05) is 42.6 Å². The summed E-state index contributed by atoms with van der Waals surface area (Å²) in [6, 6.07) is 24.2. The van der Waals surface area contributed by atoms with Crippen LogP contribution in [-0.4, -0.2) is 10.8 Å². The minimum Gasteiger partial charge on any atom is -0.340 e. The molecule has 1 N–H and O–H groups in total. The first-order valence-electron chi connectivity index (χ1n) is 9.44. The molecule has 3 nitrogen and oxygen atoms in total. The molecule has 4 rings (SSSR count). The van der Waals surface area contributed by atoms with E-state index in [4.69, 9.17) is 23.2 Å². The van der Waals surface area contributed by atoms with E-state index in [0.29, 0.717) is 6.54 Å². The third-order valence-corrected chi connectivity index (χ3v) is 5.52. The fraction of sp³-hybridized carbons (Fsp3) is 0.125. The molecule has 0 radical (unpaired) electrons. The van der Waals surface area contributed by atoms with Crippen LogP contribution in [0.1, 0.15) is 22.4 Å². The highest BCUT2D eigenvalue weighted by molar-refractivity contribution is 6.30. The summed E-state index contributed by atoms with van der Waals surface area (Å²) in [6.07, 6.45) is 1.91. The highest BCUT2D eigenvalue weighted by Crippen LogP contribution is 2.26. The molecule has 0 atom stereocenters. The molecule has 0 amide bonds. The minimum absolute atomic E-state index is 0.649. The Hall–Kier alpha value is -2.75. The molecule has 0 spiro atoms. The van der Waals surface area contributed by atoms with Crippen molar-refractivity contribution in [3.05, 3.63) is 105 Å². The van der Waals surface area contributed by atoms with Crippen molar-refractivity contribution in [2.24, 2.45) is 5.10 Å². The normalized spacial score (nSPS) is 11.4. The van der Waals surface area contributed by atoms with E-state index < -0.39 is 0 Å². The highest BCUT2D eigenvalue weighted by Gasteiger charge is 2.12. The van der Waals surface area contributed by atoms with Crippen LogP contribution >= 0.6 is 23.2 Å². The largest absolute Gasteiger partial charge is 0.340 e. The van der Waals surface area contributed by atoms with Crippen LogP contribution in [0, 0.1) is 6.92 Å². The number of nitrogens with one attached hydrogen (secondary N) is 1. The monoisotopic (exact) mass is 421 g/mol. The average Bonchev–Trinajstić information content (AvgIpc) is 3.00. The molecule has 0 aliphatic carbocycles. The Morgan fingerprint density at radius 3 is 2.17 bits per heavy atom. The van der Waals surface area contributed by atoms with Gasteiger partial charge in [-0.25, -0.2) is 0 Å². The summed E-state index contributed by atoms with van der Waals surface area (Å²) in [5.74, 6) is 0. The molecule has 0 aliphatic rings. The van der Waals surface area contributed by atoms with Crippen molar-refractivity contribution in [2.45, 2.75) is 20.0 Å². The van der Waals surface area contributed by atoms with E-state index in [0.717, 1.165) is 27.7 Å². The van der Waals surface area contributed by atoms with Crippen LogP contribution in [0.2, 0.25) is 10.0 Å². The second kappa shape index (κ2) is 8.73. The van der Waals surface area contributed by atoms with Crippen LogP contribution in [0.4, 0.5) is 0 Å². The molecule has 0 fully saturated rings. The van der Waals surface area contributed by atoms with Crippen molar-refractivity contribution in [3.63, 3.8) is 0 Å². The van der Waals surface area contributed by atoms with E-state index in [1.165, 1.54) is 22.2 Å². The molecule has 5 heteroatoms. The number of fused-ring (bicyclic) bond motifs is 1. The lowest BCUT2D eigenvalue weighted by Crippen LogP contribution is -2.06. The maximum absolute atomic E-state index is 6.03. The predicted octanol–water partition coefficient (Wildman–Crippen LogP) is 6.43. The zero-order chi connectivity index (χ0) is 20.2. The maximum atomic E-state index is 6.03. The zero-order valence-electron chi connectivity index (χ0n) is 16.1. The lowest BCUT2D eigenvalue weighted by atomic mass is 10.1. The van der Waals surface area contributed by atoms with Gasteiger partial charge in [-0.2, -0.15) is 5.10 Å². The first kappa shape index (κ1) is 19.6. The summed E-state index contributed by atoms with van der Waals surface area (Å²) in [5.41, 5.74) is 8.97. The highest BCUT2D eigenvalue weighted by atomic mass is 35.5. The van der Waals surface area contributed by atoms with Crippen LogP contribution in [0.25, 0.3) is 10.9 Å². The number of benzene rings is 3. The van der Waals surface area contributed by atoms with E-state index in [-0.39, 0.29) is 0 Å². The number of para-hydroxylation sites is 1. The lowest BCUT2D eigenvalue weighted by molar-refractivity contribution is 0.747. The van der Waals surface area contributed by atoms with Gasteiger partial charge in [0, 0.05) is 38.8 Å². The van der Waals surface area contributed by atoms with Gasteiger partial charge in [0.25, 0.3) is 0 Å². The molecule has 0 aliphatic heterocycles. The first-order chi connectivity index (χ1) is 14.1. The molecule has 1 heterocycles. The number of nitrogens with zero attached hydrogens (tertiary/aromatic N) is 2. The Morgan fingerprint density at radius 1 is 0.862 bits per heavy atom. The summed E-state index contributed by atoms with van der Waals surface area (Å²) >= 11 is 12.0. The summed E-state index contributed by atoms with van der Waals surface area (Å²) in [7, 11) is 0. The van der Waals surface area contributed by atoms with Crippen molar-refractivity contribution < 1.29 is 0 Å². The van der Waals surface area contributed by atoms with Gasteiger partial charge >= 0.3 is 0 Å². The van der Waals surface area contributed by atoms with Crippen LogP contribution in [-0.2, 0) is 13.1 Å². The first-order valence-corrected chi connectivity index (χ1v) is 10.2. The maximum Gasteiger partial charge on any atom is 0.0580 e. The van der Waals surface area contributed by atoms with Crippen molar-refractivity contribution in [1.82, 2.24) is 9.99 Å². The lowest BCUT2D eigenvalue weighted by Gasteiger charge is -2.09. The van der Waals surface area contributed by atoms with E-state index in [1.54, 1.807) is 0 Å². The van der Waals surface area contributed by atoms with Gasteiger partial charge in [0.2, 0.25) is 0 Å². The van der Waals surface area contributed by atoms with Gasteiger partial charge in [-0.3, -0.25) is 0 Å². The zero-order valence-corrected chi connectivity index (χ0v) is 17.6. The van der Waals surface area contributed by atoms with Gasteiger partial charge in [0.15, 0.2) is 0 Å². The number of hydrogen-bond donors (Lipinski definition) is 1. The van der Waals surface area contributed by atoms with Gasteiger partial charge in [-0.15, -0.1) is 0 Å². The molecule has 3 aromatic carbocycles. The summed E-state index contributed by atoms with van der Waals surface area (Å²) in [5, 5.41) is 7.14. The minimum atomic E-state index is 0.649. The van der Waals surface area contributed by atoms with Crippen molar-refractivity contribution in [3.8, 4) is 0 Å². The van der Waals surface area contributed by atoms with Crippen LogP contribution < -0.4 is 5.43 Å². The predicted molar refractivity (Wildman–Crippen MR) is 123 cm³/mol. The van der Waals surface area contributed by atoms with E-state index in [2.05, 4.69) is 58.4 Å². The summed E-state index contributed by atoms with van der Waals surface area (Å²) in [4.78, 5) is 0. The van der Waals surface area contributed by atoms with Crippen LogP contribution in [0.5, 0.6) is 0 Å². The molecule has 0 unspecified atom stereocenters. The molecular formula is C24H21Cl2N3. The second-order valence-electron chi connectivity index (χ2n) is 6.95. The van der Waals surface area contributed by atoms with Crippen molar-refractivity contribution in [2.75, 3.05) is 0 Å². The molecule has 4 aromatic rings. The van der Waals surface area contributed by atoms with Crippen LogP contribution in [0.15, 0.2) is 77.9 Å². The van der Waals surface area contributed by atoms with E-state index >= 15 is 0 Å². The van der Waals surface area contributed by atoms with Gasteiger partial charge in [-0.1, -0.05) is 65.7 Å². The Kier molecular flexibility index (Phi) is 5.89. The van der Waals surface area contributed by atoms with Gasteiger partial charge in [-0.05, 0) is 48.4 Å². The Bertz CT molecular complexity index is 1140. The van der Waals surface area contributed by atoms with Crippen molar-refractivity contribution >= 4 is 40.3 Å². The fourth-order valence-corrected chi connectivity index (χ4v) is 3.70. The fourth-order valence-electron chi connectivity index (χ4n) is 3.45. The van der Waals surface area contributed by atoms with E-state index in [9.17, 15) is 0 Å². The Morgan fingerprint density at radius 2 is 1.48 bits per heavy atom. The third-order valence-electron chi connectivity index (χ3n) is 5.02. The number of hydrogen-bond acceptors (Lipinski definition) is 2. The van der Waals surface area contributed by atoms with Gasteiger partial charge < -0.3 is 9.99 Å². The molecule has 1 aromatic heterocycles. The summed E-state index contributed by atoms with van der Waals surface area (Å²) in [6.45, 7) is 3.57. The Balaban J connectivity index is 1.58. The SMILES string of the molecule is Cc1c(/C=N\NCc2ccc(Cl)cc2)c2ccccc2n1Cc1ccc(Cl)cc1. The standard InChI is InChI=1S/C24H21Cl2N3/c1-17-23(15-28-27-14-18-6-10-20(25)11-7-18)22-4-2-3-5-24(22)29(17)16-19-8-12-21(26)13-9-19/h2-13,15,27H,14,16H2,1H3/b28-15-. The molecule has 146 valence electrons. The molecule has 0 saturated carbocycles. The quantitative estimate of drug-likeness (QED) is 0.282. The van der Waals surface area contributed by atoms with Gasteiger partial charge in [0.1, 0.15) is 0 Å². The molecule has 0 saturated heterocycles. The third kappa shape index (κ3) is 4.47. The molecular weight excluding hydrogens is 401 g/mol. The molecule has 29 heavy (non-hydrogen) atoms. The van der Waals surface area contributed by atoms with Crippen molar-refractivity contribution in [1.29, 1.82) is 0 Å². The average molecular weight is 422 g/mol. The molecule has 0 bridgehead atoms. The topological polar surface area (TPSA) is 29.3 Å². The van der Waals surface area contributed by atoms with Gasteiger partial charge in [0.05, 0.1) is 12.8 Å². The Labute approximate surface area is 180 Å². The second-order valence-corrected chi connectivity index (χ2v) is 7.82. The number of aromatic nitrogens is 1. The number of rotatable bonds is 6. The summed E-state index contributed by atoms with van der Waals surface area (Å²) < 4.78 is 2.32. The van der Waals surface area contributed by atoms with Crippen LogP contribution in [0.3, 0.4) is 0 Å². The number of hydrazone groups is 1. The smallest absolute Gasteiger partial charge is 0.0580 e. The number of halogens is 2.